The lowest BCUT2D eigenvalue weighted by Gasteiger charge is -2.30. The maximum Gasteiger partial charge on any atom is 0.248 e. The molecular weight excluding hydrogens is 188 g/mol. The van der Waals surface area contributed by atoms with Crippen LogP contribution in [0.25, 0.3) is 0 Å². The number of nitrogens with two attached hydrogens (primary N) is 1. The number of carbonyl (C=O) groups excluding carboxylic acids is 3. The van der Waals surface area contributed by atoms with Crippen molar-refractivity contribution in [3.8, 4) is 0 Å². The van der Waals surface area contributed by atoms with Gasteiger partial charge in [0.25, 0.3) is 0 Å². The molecule has 78 valence electrons. The molecule has 0 bridgehead atoms. The number of carbonyl (C=O) groups is 3. The van der Waals surface area contributed by atoms with Crippen LogP contribution >= 0.6 is 0 Å². The average Bonchev–Trinajstić information content (AvgIpc) is 2.13. The quantitative estimate of drug-likeness (QED) is 0.195. The second kappa shape index (κ2) is 4.16. The molecule has 0 aromatic carbocycles. The molecule has 1 aliphatic heterocycles. The molecule has 1 atom stereocenters. The zero-order valence-corrected chi connectivity index (χ0v) is 7.74. The van der Waals surface area contributed by atoms with Gasteiger partial charge >= 0.3 is 0 Å². The van der Waals surface area contributed by atoms with E-state index >= 15 is 0 Å². The van der Waals surface area contributed by atoms with Crippen LogP contribution in [0.1, 0.15) is 6.92 Å². The van der Waals surface area contributed by atoms with E-state index in [0.717, 1.165) is 0 Å². The average molecular weight is 200 g/mol. The van der Waals surface area contributed by atoms with Crippen molar-refractivity contribution in [2.24, 2.45) is 5.84 Å². The molecule has 7 nitrogen and oxygen atoms in total. The van der Waals surface area contributed by atoms with E-state index in [-0.39, 0.29) is 13.1 Å². The van der Waals surface area contributed by atoms with Gasteiger partial charge in [-0.3, -0.25) is 30.0 Å². The molecule has 1 fully saturated rings. The number of piperazine rings is 1. The minimum absolute atomic E-state index is 0.0281. The van der Waals surface area contributed by atoms with Crippen LogP contribution < -0.4 is 16.6 Å². The van der Waals surface area contributed by atoms with Crippen LogP contribution in [0, 0.1) is 0 Å². The second-order valence-electron chi connectivity index (χ2n) is 3.06. The van der Waals surface area contributed by atoms with Gasteiger partial charge in [-0.15, -0.1) is 0 Å². The van der Waals surface area contributed by atoms with Crippen LogP contribution in [0.15, 0.2) is 0 Å². The van der Waals surface area contributed by atoms with Crippen molar-refractivity contribution in [2.45, 2.75) is 13.0 Å². The van der Waals surface area contributed by atoms with Crippen molar-refractivity contribution >= 4 is 17.7 Å². The first-order valence-electron chi connectivity index (χ1n) is 4.11. The molecular formula is C7H12N4O3. The molecule has 0 aromatic heterocycles. The van der Waals surface area contributed by atoms with Gasteiger partial charge in [0.1, 0.15) is 0 Å². The first kappa shape index (κ1) is 10.6. The SMILES string of the molecule is CC1C(=O)NC(=O)CN1CC(=O)NN. The van der Waals surface area contributed by atoms with Crippen LogP contribution in [-0.4, -0.2) is 41.8 Å². The molecule has 3 amide bonds. The van der Waals surface area contributed by atoms with Crippen LogP contribution in [0.5, 0.6) is 0 Å². The monoisotopic (exact) mass is 200 g/mol. The Morgan fingerprint density at radius 3 is 2.93 bits per heavy atom. The predicted octanol–water partition coefficient (Wildman–Crippen LogP) is -2.68. The van der Waals surface area contributed by atoms with Crippen molar-refractivity contribution in [1.29, 1.82) is 0 Å². The zero-order valence-electron chi connectivity index (χ0n) is 7.74. The van der Waals surface area contributed by atoms with Gasteiger partial charge in [-0.1, -0.05) is 0 Å². The van der Waals surface area contributed by atoms with Gasteiger partial charge in [0.2, 0.25) is 17.7 Å². The summed E-state index contributed by atoms with van der Waals surface area (Å²) in [5.74, 6) is 3.66. The Kier molecular flexibility index (Phi) is 3.15. The molecule has 1 rings (SSSR count). The number of imide groups is 1. The number of rotatable bonds is 2. The van der Waals surface area contributed by atoms with Crippen LogP contribution in [0.3, 0.4) is 0 Å². The summed E-state index contributed by atoms with van der Waals surface area (Å²) in [6.07, 6.45) is 0. The van der Waals surface area contributed by atoms with E-state index in [1.165, 1.54) is 4.90 Å². The minimum Gasteiger partial charge on any atom is -0.294 e. The highest BCUT2D eigenvalue weighted by Gasteiger charge is 2.30. The van der Waals surface area contributed by atoms with Crippen LogP contribution in [-0.2, 0) is 14.4 Å². The fourth-order valence-corrected chi connectivity index (χ4v) is 1.19. The standard InChI is InChI=1S/C7H12N4O3/c1-4-7(14)9-5(12)2-11(4)3-6(13)10-8/h4H,2-3,8H2,1H3,(H,10,13)(H,9,12,14). The number of hydrazine groups is 1. The van der Waals surface area contributed by atoms with E-state index in [9.17, 15) is 14.4 Å². The van der Waals surface area contributed by atoms with Crippen molar-refractivity contribution in [3.05, 3.63) is 0 Å². The number of nitrogens with zero attached hydrogens (tertiary/aromatic N) is 1. The van der Waals surface area contributed by atoms with Gasteiger partial charge in [0, 0.05) is 0 Å². The third-order valence-electron chi connectivity index (χ3n) is 2.04. The maximum atomic E-state index is 11.1. The summed E-state index contributed by atoms with van der Waals surface area (Å²) < 4.78 is 0. The second-order valence-corrected chi connectivity index (χ2v) is 3.06. The molecule has 4 N–H and O–H groups in total. The first-order valence-corrected chi connectivity index (χ1v) is 4.11. The molecule has 1 unspecified atom stereocenters. The molecule has 1 aliphatic rings. The van der Waals surface area contributed by atoms with E-state index < -0.39 is 23.8 Å². The van der Waals surface area contributed by atoms with Gasteiger partial charge in [0.05, 0.1) is 19.1 Å². The largest absolute Gasteiger partial charge is 0.294 e. The number of hydrogen-bond acceptors (Lipinski definition) is 5. The van der Waals surface area contributed by atoms with Crippen molar-refractivity contribution in [3.63, 3.8) is 0 Å². The Morgan fingerprint density at radius 2 is 2.36 bits per heavy atom. The topological polar surface area (TPSA) is 105 Å². The molecule has 1 heterocycles. The van der Waals surface area contributed by atoms with Crippen molar-refractivity contribution in [2.75, 3.05) is 13.1 Å². The first-order chi connectivity index (χ1) is 6.54. The Bertz CT molecular complexity index is 278. The van der Waals surface area contributed by atoms with Crippen molar-refractivity contribution < 1.29 is 14.4 Å². The third-order valence-corrected chi connectivity index (χ3v) is 2.04. The Morgan fingerprint density at radius 1 is 1.71 bits per heavy atom. The lowest BCUT2D eigenvalue weighted by molar-refractivity contribution is -0.140. The van der Waals surface area contributed by atoms with Gasteiger partial charge < -0.3 is 0 Å². The number of nitrogens with one attached hydrogen (secondary N) is 2. The fourth-order valence-electron chi connectivity index (χ4n) is 1.19. The highest BCUT2D eigenvalue weighted by atomic mass is 16.2. The highest BCUT2D eigenvalue weighted by Crippen LogP contribution is 2.03. The molecule has 0 aromatic rings. The molecule has 7 heteroatoms. The summed E-state index contributed by atoms with van der Waals surface area (Å²) in [6.45, 7) is 1.59. The number of amides is 3. The van der Waals surface area contributed by atoms with Gasteiger partial charge in [-0.25, -0.2) is 5.84 Å². The highest BCUT2D eigenvalue weighted by molar-refractivity contribution is 6.01. The molecule has 1 saturated heterocycles. The van der Waals surface area contributed by atoms with Crippen molar-refractivity contribution in [1.82, 2.24) is 15.6 Å². The van der Waals surface area contributed by atoms with Gasteiger partial charge in [-0.2, -0.15) is 0 Å². The molecule has 14 heavy (non-hydrogen) atoms. The van der Waals surface area contributed by atoms with Gasteiger partial charge in [-0.05, 0) is 6.92 Å². The summed E-state index contributed by atoms with van der Waals surface area (Å²) in [6, 6.07) is -0.495. The van der Waals surface area contributed by atoms with E-state index in [0.29, 0.717) is 0 Å². The van der Waals surface area contributed by atoms with E-state index in [1.807, 2.05) is 5.43 Å². The third kappa shape index (κ3) is 2.27. The maximum absolute atomic E-state index is 11.1. The summed E-state index contributed by atoms with van der Waals surface area (Å²) in [7, 11) is 0. The summed E-state index contributed by atoms with van der Waals surface area (Å²) >= 11 is 0. The molecule has 0 spiro atoms. The Labute approximate surface area is 80.6 Å². The normalized spacial score (nSPS) is 23.1. The molecule has 0 aliphatic carbocycles. The Balaban J connectivity index is 2.62. The summed E-state index contributed by atoms with van der Waals surface area (Å²) in [5.41, 5.74) is 1.94. The minimum atomic E-state index is -0.495. The molecule has 0 radical (unpaired) electrons. The Hall–Kier alpha value is -1.47. The van der Waals surface area contributed by atoms with Crippen LogP contribution in [0.4, 0.5) is 0 Å². The van der Waals surface area contributed by atoms with E-state index in [1.54, 1.807) is 6.92 Å². The zero-order chi connectivity index (χ0) is 10.7. The lowest BCUT2D eigenvalue weighted by atomic mass is 10.2. The van der Waals surface area contributed by atoms with Gasteiger partial charge in [0.15, 0.2) is 0 Å². The predicted molar refractivity (Wildman–Crippen MR) is 46.5 cm³/mol. The molecule has 0 saturated carbocycles. The van der Waals surface area contributed by atoms with E-state index in [4.69, 9.17) is 5.84 Å². The van der Waals surface area contributed by atoms with E-state index in [2.05, 4.69) is 5.32 Å². The summed E-state index contributed by atoms with van der Waals surface area (Å²) in [5, 5.41) is 2.17. The summed E-state index contributed by atoms with van der Waals surface area (Å²) in [4.78, 5) is 34.5. The lowest BCUT2D eigenvalue weighted by Crippen LogP contribution is -2.58. The smallest absolute Gasteiger partial charge is 0.248 e. The number of hydrogen-bond donors (Lipinski definition) is 3. The fraction of sp³-hybridized carbons (Fsp3) is 0.571. The van der Waals surface area contributed by atoms with Crippen LogP contribution in [0.2, 0.25) is 0 Å².